The summed E-state index contributed by atoms with van der Waals surface area (Å²) in [6.45, 7) is -1.07. The van der Waals surface area contributed by atoms with Crippen LogP contribution in [-0.4, -0.2) is 109 Å². The molecule has 0 radical (unpaired) electrons. The van der Waals surface area contributed by atoms with Crippen molar-refractivity contribution in [1.82, 2.24) is 0 Å². The number of hydrogen-bond donors (Lipinski definition) is 8. The van der Waals surface area contributed by atoms with Crippen LogP contribution in [-0.2, 0) is 9.47 Å². The van der Waals surface area contributed by atoms with E-state index in [1.807, 2.05) is 0 Å². The molecule has 3 rings (SSSR count). The van der Waals surface area contributed by atoms with Crippen LogP contribution in [0.5, 0.6) is 0 Å². The Labute approximate surface area is 172 Å². The van der Waals surface area contributed by atoms with Gasteiger partial charge >= 0.3 is 0 Å². The van der Waals surface area contributed by atoms with E-state index in [1.165, 1.54) is 0 Å². The number of hydrogen-bond acceptors (Lipinski definition) is 10. The number of aliphatic hydroxyl groups is 8. The van der Waals surface area contributed by atoms with Crippen LogP contribution in [0.1, 0.15) is 17.2 Å². The van der Waals surface area contributed by atoms with Gasteiger partial charge in [0.2, 0.25) is 0 Å². The van der Waals surface area contributed by atoms with Crippen molar-refractivity contribution < 1.29 is 50.3 Å². The Morgan fingerprint density at radius 2 is 1.20 bits per heavy atom. The van der Waals surface area contributed by atoms with Gasteiger partial charge in [-0.05, 0) is 17.7 Å². The van der Waals surface area contributed by atoms with E-state index in [0.717, 1.165) is 0 Å². The van der Waals surface area contributed by atoms with Crippen LogP contribution in [0, 0.1) is 11.8 Å². The summed E-state index contributed by atoms with van der Waals surface area (Å²) in [5.74, 6) is 5.41. The molecule has 8 N–H and O–H groups in total. The van der Waals surface area contributed by atoms with E-state index in [0.29, 0.717) is 11.1 Å². The lowest BCUT2D eigenvalue weighted by Crippen LogP contribution is -2.58. The van der Waals surface area contributed by atoms with Crippen LogP contribution in [0.3, 0.4) is 0 Å². The second-order valence-electron chi connectivity index (χ2n) is 7.39. The van der Waals surface area contributed by atoms with Crippen LogP contribution in [0.25, 0.3) is 0 Å². The highest BCUT2D eigenvalue weighted by Gasteiger charge is 2.44. The van der Waals surface area contributed by atoms with Gasteiger partial charge in [0.05, 0.1) is 13.2 Å². The van der Waals surface area contributed by atoms with E-state index in [-0.39, 0.29) is 0 Å². The minimum atomic E-state index is -1.51. The molecule has 2 heterocycles. The van der Waals surface area contributed by atoms with Gasteiger partial charge in [0.25, 0.3) is 0 Å². The number of ether oxygens (including phenoxy) is 2. The topological polar surface area (TPSA) is 180 Å². The molecule has 0 bridgehead atoms. The van der Waals surface area contributed by atoms with Gasteiger partial charge in [-0.1, -0.05) is 24.0 Å². The second kappa shape index (κ2) is 9.67. The van der Waals surface area contributed by atoms with Crippen molar-refractivity contribution in [2.24, 2.45) is 0 Å². The van der Waals surface area contributed by atoms with Gasteiger partial charge in [0.1, 0.15) is 61.0 Å². The lowest BCUT2D eigenvalue weighted by Gasteiger charge is -2.40. The lowest BCUT2D eigenvalue weighted by molar-refractivity contribution is -0.231. The molecule has 0 aliphatic carbocycles. The van der Waals surface area contributed by atoms with E-state index >= 15 is 0 Å². The summed E-state index contributed by atoms with van der Waals surface area (Å²) in [6, 6.07) is 6.36. The van der Waals surface area contributed by atoms with Crippen molar-refractivity contribution in [3.63, 3.8) is 0 Å². The maximum atomic E-state index is 10.2. The normalized spacial score (nSPS) is 41.7. The van der Waals surface area contributed by atoms with Gasteiger partial charge in [0.15, 0.2) is 0 Å². The van der Waals surface area contributed by atoms with Gasteiger partial charge in [-0.2, -0.15) is 0 Å². The maximum Gasteiger partial charge on any atom is 0.147 e. The van der Waals surface area contributed by atoms with Gasteiger partial charge < -0.3 is 50.3 Å². The van der Waals surface area contributed by atoms with Crippen LogP contribution in [0.2, 0.25) is 0 Å². The van der Waals surface area contributed by atoms with Gasteiger partial charge in [-0.25, -0.2) is 0 Å². The Hall–Kier alpha value is -1.62. The molecular weight excluding hydrogens is 400 g/mol. The summed E-state index contributed by atoms with van der Waals surface area (Å²) in [5, 5.41) is 78.0. The molecule has 1 aromatic rings. The lowest BCUT2D eigenvalue weighted by atomic mass is 9.91. The highest BCUT2D eigenvalue weighted by atomic mass is 16.5. The first kappa shape index (κ1) is 23.1. The first-order valence-corrected chi connectivity index (χ1v) is 9.51. The molecule has 10 heteroatoms. The fourth-order valence-corrected chi connectivity index (χ4v) is 3.51. The Morgan fingerprint density at radius 3 is 1.77 bits per heavy atom. The van der Waals surface area contributed by atoms with E-state index in [4.69, 9.17) is 9.47 Å². The Bertz CT molecular complexity index is 755. The van der Waals surface area contributed by atoms with Crippen LogP contribution in [0.4, 0.5) is 0 Å². The van der Waals surface area contributed by atoms with Crippen molar-refractivity contribution in [2.45, 2.75) is 61.0 Å². The number of rotatable bonds is 3. The predicted octanol–water partition coefficient (Wildman–Crippen LogP) is -3.60. The van der Waals surface area contributed by atoms with Crippen molar-refractivity contribution >= 4 is 0 Å². The molecule has 30 heavy (non-hydrogen) atoms. The van der Waals surface area contributed by atoms with E-state index in [9.17, 15) is 40.9 Å². The summed E-state index contributed by atoms with van der Waals surface area (Å²) in [7, 11) is 0. The Balaban J connectivity index is 1.73. The second-order valence-corrected chi connectivity index (χ2v) is 7.39. The minimum Gasteiger partial charge on any atom is -0.394 e. The third-order valence-corrected chi connectivity index (χ3v) is 5.38. The molecule has 2 aliphatic heterocycles. The smallest absolute Gasteiger partial charge is 0.147 e. The molecule has 2 aliphatic rings. The monoisotopic (exact) mass is 426 g/mol. The van der Waals surface area contributed by atoms with Crippen LogP contribution >= 0.6 is 0 Å². The first-order chi connectivity index (χ1) is 14.3. The molecule has 166 valence electrons. The standard InChI is InChI=1S/C20H26O10/c21-7-12-15(24)17(26)14(23)11(29-12)6-3-9-1-4-10(5-2-9)20-19(28)18(27)16(25)13(8-22)30-20/h1-2,4-5,11-28H,7-8H2. The van der Waals surface area contributed by atoms with E-state index < -0.39 is 74.3 Å². The molecule has 2 fully saturated rings. The molecule has 2 saturated heterocycles. The molecule has 10 unspecified atom stereocenters. The predicted molar refractivity (Wildman–Crippen MR) is 99.8 cm³/mol. The molecule has 0 spiro atoms. The van der Waals surface area contributed by atoms with E-state index in [2.05, 4.69) is 11.8 Å². The average molecular weight is 426 g/mol. The molecule has 10 atom stereocenters. The molecule has 0 aromatic heterocycles. The Morgan fingerprint density at radius 1 is 0.667 bits per heavy atom. The van der Waals surface area contributed by atoms with Crippen molar-refractivity contribution in [3.05, 3.63) is 35.4 Å². The summed E-state index contributed by atoms with van der Waals surface area (Å²) in [4.78, 5) is 0. The third kappa shape index (κ3) is 4.51. The third-order valence-electron chi connectivity index (χ3n) is 5.38. The minimum absolute atomic E-state index is 0.491. The molecule has 10 nitrogen and oxygen atoms in total. The zero-order valence-electron chi connectivity index (χ0n) is 15.9. The van der Waals surface area contributed by atoms with Crippen molar-refractivity contribution in [2.75, 3.05) is 13.2 Å². The molecule has 1 aromatic carbocycles. The zero-order valence-corrected chi connectivity index (χ0v) is 15.9. The van der Waals surface area contributed by atoms with Gasteiger partial charge in [0, 0.05) is 5.56 Å². The Kier molecular flexibility index (Phi) is 7.43. The van der Waals surface area contributed by atoms with Crippen molar-refractivity contribution in [3.8, 4) is 11.8 Å². The molecular formula is C20H26O10. The number of aliphatic hydroxyl groups excluding tert-OH is 8. The SMILES string of the molecule is OCC1OC(C#Cc2ccc(C3OC(CO)C(O)C(O)C3O)cc2)C(O)C(O)C1O. The summed E-state index contributed by atoms with van der Waals surface area (Å²) < 4.78 is 10.8. The quantitative estimate of drug-likeness (QED) is 0.225. The van der Waals surface area contributed by atoms with Crippen LogP contribution < -0.4 is 0 Å². The highest BCUT2D eigenvalue weighted by molar-refractivity contribution is 5.38. The van der Waals surface area contributed by atoms with E-state index in [1.54, 1.807) is 24.3 Å². The highest BCUT2D eigenvalue weighted by Crippen LogP contribution is 2.32. The summed E-state index contributed by atoms with van der Waals surface area (Å²) in [5.41, 5.74) is 0.991. The van der Waals surface area contributed by atoms with Gasteiger partial charge in [-0.15, -0.1) is 0 Å². The zero-order chi connectivity index (χ0) is 22.0. The largest absolute Gasteiger partial charge is 0.394 e. The summed E-state index contributed by atoms with van der Waals surface area (Å²) >= 11 is 0. The summed E-state index contributed by atoms with van der Waals surface area (Å²) in [6.07, 6.45) is -12.9. The fraction of sp³-hybridized carbons (Fsp3) is 0.600. The first-order valence-electron chi connectivity index (χ1n) is 9.51. The van der Waals surface area contributed by atoms with Crippen LogP contribution in [0.15, 0.2) is 24.3 Å². The fourth-order valence-electron chi connectivity index (χ4n) is 3.51. The van der Waals surface area contributed by atoms with Gasteiger partial charge in [-0.3, -0.25) is 0 Å². The molecule has 0 amide bonds. The molecule has 0 saturated carbocycles. The average Bonchev–Trinajstić information content (AvgIpc) is 2.76. The number of benzene rings is 1. The maximum absolute atomic E-state index is 10.2. The van der Waals surface area contributed by atoms with Crippen molar-refractivity contribution in [1.29, 1.82) is 0 Å².